The molecule has 2 amide bonds. The molecule has 2 atom stereocenters. The lowest BCUT2D eigenvalue weighted by atomic mass is 9.99. The average Bonchev–Trinajstić information content (AvgIpc) is 2.64. The van der Waals surface area contributed by atoms with E-state index < -0.39 is 40.2 Å². The summed E-state index contributed by atoms with van der Waals surface area (Å²) in [7, 11) is 0. The molecule has 0 aromatic rings. The van der Waals surface area contributed by atoms with Gasteiger partial charge in [0, 0.05) is 23.8 Å². The van der Waals surface area contributed by atoms with Crippen LogP contribution in [-0.4, -0.2) is 63.6 Å². The number of amides is 2. The minimum atomic E-state index is -1.06. The van der Waals surface area contributed by atoms with Crippen molar-refractivity contribution < 1.29 is 28.7 Å². The maximum absolute atomic E-state index is 13.1. The molecule has 30 heavy (non-hydrogen) atoms. The highest BCUT2D eigenvalue weighted by molar-refractivity contribution is 8.14. The molecule has 0 heterocycles. The third-order valence-electron chi connectivity index (χ3n) is 4.62. The van der Waals surface area contributed by atoms with Crippen LogP contribution < -0.4 is 5.32 Å². The lowest BCUT2D eigenvalue weighted by Crippen LogP contribution is -2.58. The van der Waals surface area contributed by atoms with E-state index in [2.05, 4.69) is 5.32 Å². The van der Waals surface area contributed by atoms with Gasteiger partial charge in [0.2, 0.25) is 17.6 Å². The highest BCUT2D eigenvalue weighted by Crippen LogP contribution is 2.31. The Balaban J connectivity index is 5.50. The molecule has 0 rings (SSSR count). The fraction of sp³-hybridized carbons (Fsp3) is 0.762. The Hall–Kier alpha value is -1.90. The molecule has 1 N–H and O–H groups in total. The van der Waals surface area contributed by atoms with Gasteiger partial charge in [-0.1, -0.05) is 25.6 Å². The molecule has 0 radical (unpaired) electrons. The van der Waals surface area contributed by atoms with Crippen LogP contribution in [0.5, 0.6) is 0 Å². The van der Waals surface area contributed by atoms with E-state index in [1.165, 1.54) is 0 Å². The molecule has 0 bridgehead atoms. The summed E-state index contributed by atoms with van der Waals surface area (Å²) in [5, 5.41) is 2.22. The minimum absolute atomic E-state index is 0.277. The number of nitrogens with one attached hydrogen (secondary N) is 1. The lowest BCUT2D eigenvalue weighted by molar-refractivity contribution is -0.157. The number of nitrogens with zero attached hydrogens (tertiary/aromatic N) is 1. The van der Waals surface area contributed by atoms with Crippen LogP contribution >= 0.6 is 11.8 Å². The van der Waals surface area contributed by atoms with Crippen molar-refractivity contribution in [2.45, 2.75) is 85.1 Å². The molecule has 0 aliphatic carbocycles. The SMILES string of the molecule is CCC(C)C(=O)NC(C(=O)N(CC)CC)C(C)(C)SC(=O)CC(=O)C(=O)OC(C)C. The molecule has 0 aromatic carbocycles. The number of esters is 1. The van der Waals surface area contributed by atoms with Gasteiger partial charge in [0.1, 0.15) is 6.04 Å². The standard InChI is InChI=1S/C21H36N2O6S/c1-9-14(6)18(26)22-17(19(27)23(10-2)11-3)21(7,8)30-16(25)12-15(24)20(28)29-13(4)5/h13-14,17H,9-12H2,1-8H3,(H,22,26). The Morgan fingerprint density at radius 2 is 1.53 bits per heavy atom. The van der Waals surface area contributed by atoms with Crippen LogP contribution in [0.15, 0.2) is 0 Å². The van der Waals surface area contributed by atoms with Gasteiger partial charge in [0.25, 0.3) is 0 Å². The first-order valence-electron chi connectivity index (χ1n) is 10.3. The van der Waals surface area contributed by atoms with Gasteiger partial charge in [-0.05, 0) is 48.0 Å². The maximum Gasteiger partial charge on any atom is 0.375 e. The van der Waals surface area contributed by atoms with E-state index in [4.69, 9.17) is 4.74 Å². The largest absolute Gasteiger partial charge is 0.457 e. The summed E-state index contributed by atoms with van der Waals surface area (Å²) >= 11 is 0.773. The van der Waals surface area contributed by atoms with Crippen molar-refractivity contribution in [2.24, 2.45) is 5.92 Å². The van der Waals surface area contributed by atoms with Crippen LogP contribution in [-0.2, 0) is 28.7 Å². The Bertz CT molecular complexity index is 643. The number of hydrogen-bond donors (Lipinski definition) is 1. The van der Waals surface area contributed by atoms with E-state index >= 15 is 0 Å². The minimum Gasteiger partial charge on any atom is -0.457 e. The molecule has 0 saturated carbocycles. The summed E-state index contributed by atoms with van der Waals surface area (Å²) in [5.74, 6) is -2.86. The quantitative estimate of drug-likeness (QED) is 0.279. The Morgan fingerprint density at radius 3 is 1.97 bits per heavy atom. The van der Waals surface area contributed by atoms with Crippen LogP contribution in [0.2, 0.25) is 0 Å². The van der Waals surface area contributed by atoms with Crippen molar-refractivity contribution in [3.8, 4) is 0 Å². The number of likely N-dealkylation sites (N-methyl/N-ethyl adjacent to an activating group) is 1. The average molecular weight is 445 g/mol. The zero-order valence-corrected chi connectivity index (χ0v) is 20.2. The van der Waals surface area contributed by atoms with Gasteiger partial charge in [-0.25, -0.2) is 4.79 Å². The molecule has 9 heteroatoms. The number of rotatable bonds is 12. The highest BCUT2D eigenvalue weighted by atomic mass is 32.2. The third kappa shape index (κ3) is 8.85. The monoisotopic (exact) mass is 444 g/mol. The number of ketones is 1. The summed E-state index contributed by atoms with van der Waals surface area (Å²) < 4.78 is 3.77. The first kappa shape index (κ1) is 28.1. The molecule has 0 fully saturated rings. The van der Waals surface area contributed by atoms with Crippen molar-refractivity contribution in [2.75, 3.05) is 13.1 Å². The number of thioether (sulfide) groups is 1. The Kier molecular flexibility index (Phi) is 11.9. The number of hydrogen-bond acceptors (Lipinski definition) is 7. The first-order valence-corrected chi connectivity index (χ1v) is 11.2. The molecule has 172 valence electrons. The maximum atomic E-state index is 13.1. The van der Waals surface area contributed by atoms with Gasteiger partial charge in [0.15, 0.2) is 5.12 Å². The summed E-state index contributed by atoms with van der Waals surface area (Å²) in [5.41, 5.74) is 0. The van der Waals surface area contributed by atoms with E-state index in [1.807, 2.05) is 20.8 Å². The summed E-state index contributed by atoms with van der Waals surface area (Å²) in [6.45, 7) is 14.7. The fourth-order valence-electron chi connectivity index (χ4n) is 2.59. The van der Waals surface area contributed by atoms with Crippen molar-refractivity contribution in [1.82, 2.24) is 10.2 Å². The normalized spacial score (nSPS) is 13.4. The summed E-state index contributed by atoms with van der Waals surface area (Å²) in [6, 6.07) is -0.967. The van der Waals surface area contributed by atoms with Crippen LogP contribution in [0, 0.1) is 5.92 Å². The van der Waals surface area contributed by atoms with Crippen LogP contribution in [0.25, 0.3) is 0 Å². The lowest BCUT2D eigenvalue weighted by Gasteiger charge is -2.36. The first-order chi connectivity index (χ1) is 13.8. The number of ether oxygens (including phenoxy) is 1. The van der Waals surface area contributed by atoms with Crippen molar-refractivity contribution >= 4 is 40.4 Å². The van der Waals surface area contributed by atoms with Crippen LogP contribution in [0.3, 0.4) is 0 Å². The molecule has 8 nitrogen and oxygen atoms in total. The van der Waals surface area contributed by atoms with Crippen molar-refractivity contribution in [1.29, 1.82) is 0 Å². The number of carbonyl (C=O) groups excluding carboxylic acids is 5. The van der Waals surface area contributed by atoms with E-state index in [1.54, 1.807) is 39.5 Å². The summed E-state index contributed by atoms with van der Waals surface area (Å²) in [6.07, 6.45) is -0.491. The van der Waals surface area contributed by atoms with E-state index in [0.717, 1.165) is 11.8 Å². The molecule has 0 saturated heterocycles. The molecule has 0 aromatic heterocycles. The molecule has 2 unspecified atom stereocenters. The summed E-state index contributed by atoms with van der Waals surface area (Å²) in [4.78, 5) is 63.2. The van der Waals surface area contributed by atoms with Crippen molar-refractivity contribution in [3.05, 3.63) is 0 Å². The second-order valence-corrected chi connectivity index (χ2v) is 9.60. The molecular formula is C21H36N2O6S. The second kappa shape index (κ2) is 12.7. The van der Waals surface area contributed by atoms with Gasteiger partial charge in [-0.15, -0.1) is 0 Å². The van der Waals surface area contributed by atoms with Gasteiger partial charge >= 0.3 is 5.97 Å². The van der Waals surface area contributed by atoms with E-state index in [0.29, 0.717) is 19.5 Å². The van der Waals surface area contributed by atoms with Gasteiger partial charge in [-0.2, -0.15) is 0 Å². The third-order valence-corrected chi connectivity index (χ3v) is 5.75. The van der Waals surface area contributed by atoms with Gasteiger partial charge in [0.05, 0.1) is 12.5 Å². The molecule has 0 spiro atoms. The fourth-order valence-corrected chi connectivity index (χ4v) is 3.66. The predicted molar refractivity (Wildman–Crippen MR) is 117 cm³/mol. The zero-order chi connectivity index (χ0) is 23.6. The second-order valence-electron chi connectivity index (χ2n) is 7.89. The number of carbonyl (C=O) groups is 5. The molecular weight excluding hydrogens is 408 g/mol. The predicted octanol–water partition coefficient (Wildman–Crippen LogP) is 2.33. The molecule has 0 aliphatic heterocycles. The zero-order valence-electron chi connectivity index (χ0n) is 19.4. The van der Waals surface area contributed by atoms with Crippen molar-refractivity contribution in [3.63, 3.8) is 0 Å². The topological polar surface area (TPSA) is 110 Å². The van der Waals surface area contributed by atoms with Crippen LogP contribution in [0.1, 0.15) is 68.2 Å². The highest BCUT2D eigenvalue weighted by Gasteiger charge is 2.41. The number of Topliss-reactive ketones (excluding diaryl/α,β-unsaturated/α-hetero) is 1. The molecule has 0 aliphatic rings. The Labute approximate surface area is 183 Å². The van der Waals surface area contributed by atoms with E-state index in [9.17, 15) is 24.0 Å². The van der Waals surface area contributed by atoms with E-state index in [-0.39, 0.29) is 17.7 Å². The Morgan fingerprint density at radius 1 is 1.00 bits per heavy atom. The van der Waals surface area contributed by atoms with Gasteiger partial charge < -0.3 is 15.0 Å². The van der Waals surface area contributed by atoms with Crippen LogP contribution in [0.4, 0.5) is 0 Å². The smallest absolute Gasteiger partial charge is 0.375 e. The van der Waals surface area contributed by atoms with Gasteiger partial charge in [-0.3, -0.25) is 19.2 Å².